The summed E-state index contributed by atoms with van der Waals surface area (Å²) in [4.78, 5) is 58.6. The molecule has 0 aliphatic heterocycles. The van der Waals surface area contributed by atoms with Crippen molar-refractivity contribution in [2.75, 3.05) is 7.11 Å². The molecule has 10 heteroatoms. The standard InChI is InChI=1S/C22H25N5O5/c1-32-20(30)22(9-5-2-6-10-22)25-18(28)13-26-17-8-4-3-7-16(17)19(29)27(21(26)31)12-15-11-23-14-24-15/h3-4,7-8,11,14H,2,5-6,9-10,12-13H2,1H3,(H,23,24)(H,25,28). The van der Waals surface area contributed by atoms with Gasteiger partial charge in [0.2, 0.25) is 5.91 Å². The number of amides is 1. The second-order valence-electron chi connectivity index (χ2n) is 8.02. The number of aromatic amines is 1. The molecule has 0 unspecified atom stereocenters. The molecule has 0 bridgehead atoms. The van der Waals surface area contributed by atoms with Crippen LogP contribution in [0.25, 0.3) is 10.9 Å². The second kappa shape index (κ2) is 8.81. The van der Waals surface area contributed by atoms with Crippen LogP contribution in [0, 0.1) is 0 Å². The predicted molar refractivity (Wildman–Crippen MR) is 116 cm³/mol. The van der Waals surface area contributed by atoms with Crippen LogP contribution in [0.3, 0.4) is 0 Å². The molecule has 0 saturated heterocycles. The Balaban J connectivity index is 1.72. The summed E-state index contributed by atoms with van der Waals surface area (Å²) in [7, 11) is 1.30. The second-order valence-corrected chi connectivity index (χ2v) is 8.02. The number of H-pyrrole nitrogens is 1. The SMILES string of the molecule is COC(=O)C1(NC(=O)Cn2c(=O)n(Cc3c[nH]cn3)c(=O)c3ccccc32)CCCCC1. The zero-order valence-corrected chi connectivity index (χ0v) is 17.8. The van der Waals surface area contributed by atoms with E-state index in [0.717, 1.165) is 23.8 Å². The Hall–Kier alpha value is -3.69. The van der Waals surface area contributed by atoms with Crippen molar-refractivity contribution in [3.05, 3.63) is 63.3 Å². The fraction of sp³-hybridized carbons (Fsp3) is 0.409. The van der Waals surface area contributed by atoms with E-state index in [2.05, 4.69) is 15.3 Å². The van der Waals surface area contributed by atoms with Crippen LogP contribution >= 0.6 is 0 Å². The molecule has 10 nitrogen and oxygen atoms in total. The molecule has 3 aromatic rings. The van der Waals surface area contributed by atoms with Crippen LogP contribution < -0.4 is 16.6 Å². The first-order valence-electron chi connectivity index (χ1n) is 10.5. The smallest absolute Gasteiger partial charge is 0.332 e. The van der Waals surface area contributed by atoms with Gasteiger partial charge >= 0.3 is 11.7 Å². The molecule has 1 saturated carbocycles. The molecule has 0 atom stereocenters. The number of imidazole rings is 1. The number of esters is 1. The van der Waals surface area contributed by atoms with Crippen LogP contribution in [0.1, 0.15) is 37.8 Å². The van der Waals surface area contributed by atoms with Gasteiger partial charge in [0.25, 0.3) is 5.56 Å². The summed E-state index contributed by atoms with van der Waals surface area (Å²) in [6.07, 6.45) is 6.61. The van der Waals surface area contributed by atoms with Gasteiger partial charge in [-0.15, -0.1) is 0 Å². The van der Waals surface area contributed by atoms with E-state index < -0.39 is 28.7 Å². The summed E-state index contributed by atoms with van der Waals surface area (Å²) in [6.45, 7) is -0.362. The van der Waals surface area contributed by atoms with Gasteiger partial charge in [-0.2, -0.15) is 0 Å². The summed E-state index contributed by atoms with van der Waals surface area (Å²) < 4.78 is 7.27. The maximum Gasteiger partial charge on any atom is 0.332 e. The third kappa shape index (κ3) is 3.95. The number of fused-ring (bicyclic) bond motifs is 1. The first-order chi connectivity index (χ1) is 15.4. The molecular formula is C22H25N5O5. The Kier molecular flexibility index (Phi) is 5.93. The molecule has 2 N–H and O–H groups in total. The highest BCUT2D eigenvalue weighted by molar-refractivity contribution is 5.89. The number of rotatable bonds is 6. The number of para-hydroxylation sites is 1. The number of hydrogen-bond acceptors (Lipinski definition) is 6. The highest BCUT2D eigenvalue weighted by Crippen LogP contribution is 2.29. The molecule has 1 aliphatic rings. The topological polar surface area (TPSA) is 128 Å². The number of carbonyl (C=O) groups excluding carboxylic acids is 2. The maximum absolute atomic E-state index is 13.2. The van der Waals surface area contributed by atoms with E-state index >= 15 is 0 Å². The van der Waals surface area contributed by atoms with Gasteiger partial charge < -0.3 is 15.0 Å². The molecule has 2 heterocycles. The van der Waals surface area contributed by atoms with Crippen LogP contribution in [-0.4, -0.2) is 43.6 Å². The van der Waals surface area contributed by atoms with Crippen molar-refractivity contribution in [3.63, 3.8) is 0 Å². The Morgan fingerprint density at radius 3 is 2.59 bits per heavy atom. The fourth-order valence-electron chi connectivity index (χ4n) is 4.38. The number of carbonyl (C=O) groups is 2. The Labute approximate surface area is 183 Å². The zero-order chi connectivity index (χ0) is 22.7. The minimum absolute atomic E-state index is 0.0281. The molecule has 32 heavy (non-hydrogen) atoms. The average molecular weight is 439 g/mol. The average Bonchev–Trinajstić information content (AvgIpc) is 3.33. The molecule has 4 rings (SSSR count). The number of benzene rings is 1. The van der Waals surface area contributed by atoms with Gasteiger partial charge in [0.05, 0.1) is 36.6 Å². The first-order valence-corrected chi connectivity index (χ1v) is 10.5. The number of nitrogens with zero attached hydrogens (tertiary/aromatic N) is 3. The van der Waals surface area contributed by atoms with Crippen LogP contribution in [-0.2, 0) is 27.4 Å². The molecule has 0 spiro atoms. The van der Waals surface area contributed by atoms with E-state index in [9.17, 15) is 19.2 Å². The molecule has 1 aromatic carbocycles. The third-order valence-corrected chi connectivity index (χ3v) is 5.97. The summed E-state index contributed by atoms with van der Waals surface area (Å²) in [5, 5.41) is 3.14. The van der Waals surface area contributed by atoms with Crippen LogP contribution in [0.4, 0.5) is 0 Å². The quantitative estimate of drug-likeness (QED) is 0.550. The predicted octanol–water partition coefficient (Wildman–Crippen LogP) is 0.927. The zero-order valence-electron chi connectivity index (χ0n) is 17.8. The number of ether oxygens (including phenoxy) is 1. The van der Waals surface area contributed by atoms with Crippen LogP contribution in [0.5, 0.6) is 0 Å². The van der Waals surface area contributed by atoms with Gasteiger partial charge in [0, 0.05) is 6.20 Å². The van der Waals surface area contributed by atoms with Crippen LogP contribution in [0.15, 0.2) is 46.4 Å². The van der Waals surface area contributed by atoms with Gasteiger partial charge in [-0.05, 0) is 25.0 Å². The summed E-state index contributed by atoms with van der Waals surface area (Å²) in [5.41, 5.74) is -1.30. The highest BCUT2D eigenvalue weighted by Gasteiger charge is 2.42. The molecule has 1 aliphatic carbocycles. The minimum Gasteiger partial charge on any atom is -0.467 e. The van der Waals surface area contributed by atoms with Gasteiger partial charge in [-0.25, -0.2) is 14.6 Å². The maximum atomic E-state index is 13.2. The molecule has 1 amide bonds. The third-order valence-electron chi connectivity index (χ3n) is 5.97. The minimum atomic E-state index is -1.09. The number of nitrogens with one attached hydrogen (secondary N) is 2. The number of aromatic nitrogens is 4. The van der Waals surface area contributed by atoms with E-state index in [1.54, 1.807) is 30.5 Å². The van der Waals surface area contributed by atoms with E-state index in [4.69, 9.17) is 4.74 Å². The van der Waals surface area contributed by atoms with E-state index in [1.165, 1.54) is 18.0 Å². The lowest BCUT2D eigenvalue weighted by molar-refractivity contribution is -0.152. The Morgan fingerprint density at radius 1 is 1.16 bits per heavy atom. The first kappa shape index (κ1) is 21.5. The van der Waals surface area contributed by atoms with E-state index in [0.29, 0.717) is 29.4 Å². The van der Waals surface area contributed by atoms with Gasteiger partial charge in [-0.3, -0.25) is 18.7 Å². The molecule has 2 aromatic heterocycles. The number of hydrogen-bond donors (Lipinski definition) is 2. The monoisotopic (exact) mass is 439 g/mol. The van der Waals surface area contributed by atoms with Crippen molar-refractivity contribution < 1.29 is 14.3 Å². The fourth-order valence-corrected chi connectivity index (χ4v) is 4.38. The molecule has 168 valence electrons. The van der Waals surface area contributed by atoms with E-state index in [-0.39, 0.29) is 13.1 Å². The van der Waals surface area contributed by atoms with Crippen molar-refractivity contribution in [2.24, 2.45) is 0 Å². The lowest BCUT2D eigenvalue weighted by atomic mass is 9.81. The highest BCUT2D eigenvalue weighted by atomic mass is 16.5. The summed E-state index contributed by atoms with van der Waals surface area (Å²) in [5.74, 6) is -0.972. The van der Waals surface area contributed by atoms with Crippen molar-refractivity contribution in [2.45, 2.75) is 50.7 Å². The lowest BCUT2D eigenvalue weighted by Crippen LogP contribution is -2.57. The van der Waals surface area contributed by atoms with Crippen LogP contribution in [0.2, 0.25) is 0 Å². The normalized spacial score (nSPS) is 15.4. The largest absolute Gasteiger partial charge is 0.467 e. The van der Waals surface area contributed by atoms with Gasteiger partial charge in [-0.1, -0.05) is 31.4 Å². The lowest BCUT2D eigenvalue weighted by Gasteiger charge is -2.35. The van der Waals surface area contributed by atoms with E-state index in [1.807, 2.05) is 0 Å². The molecular weight excluding hydrogens is 414 g/mol. The van der Waals surface area contributed by atoms with Crippen molar-refractivity contribution in [1.82, 2.24) is 24.4 Å². The Bertz CT molecular complexity index is 1250. The Morgan fingerprint density at radius 2 is 1.91 bits per heavy atom. The molecule has 1 fully saturated rings. The van der Waals surface area contributed by atoms with Gasteiger partial charge in [0.15, 0.2) is 0 Å². The van der Waals surface area contributed by atoms with Crippen molar-refractivity contribution >= 4 is 22.8 Å². The van der Waals surface area contributed by atoms with Gasteiger partial charge in [0.1, 0.15) is 12.1 Å². The molecule has 0 radical (unpaired) electrons. The number of methoxy groups -OCH3 is 1. The van der Waals surface area contributed by atoms with Crippen molar-refractivity contribution in [1.29, 1.82) is 0 Å². The summed E-state index contributed by atoms with van der Waals surface area (Å²) >= 11 is 0. The summed E-state index contributed by atoms with van der Waals surface area (Å²) in [6, 6.07) is 6.64. The van der Waals surface area contributed by atoms with Crippen molar-refractivity contribution in [3.8, 4) is 0 Å².